The number of oxime groups is 1. The summed E-state index contributed by atoms with van der Waals surface area (Å²) in [6, 6.07) is 4.23. The van der Waals surface area contributed by atoms with Gasteiger partial charge < -0.3 is 21.4 Å². The zero-order valence-corrected chi connectivity index (χ0v) is 11.5. The van der Waals surface area contributed by atoms with Gasteiger partial charge in [-0.2, -0.15) is 13.2 Å². The van der Waals surface area contributed by atoms with Crippen LogP contribution in [0, 0.1) is 0 Å². The van der Waals surface area contributed by atoms with Crippen LogP contribution in [0.5, 0.6) is 0 Å². The van der Waals surface area contributed by atoms with Crippen molar-refractivity contribution in [3.05, 3.63) is 47.4 Å². The summed E-state index contributed by atoms with van der Waals surface area (Å²) in [7, 11) is 0. The van der Waals surface area contributed by atoms with E-state index >= 15 is 0 Å². The van der Waals surface area contributed by atoms with Gasteiger partial charge in [0.25, 0.3) is 0 Å². The fourth-order valence-electron chi connectivity index (χ4n) is 1.70. The molecule has 2 aromatic rings. The minimum atomic E-state index is -4.43. The molecule has 0 aliphatic carbocycles. The summed E-state index contributed by atoms with van der Waals surface area (Å²) in [5.74, 6) is -0.292. The summed E-state index contributed by atoms with van der Waals surface area (Å²) in [6.07, 6.45) is -3.18. The Hall–Kier alpha value is -2.88. The Balaban J connectivity index is 2.33. The molecular weight excluding hydrogens is 315 g/mol. The maximum Gasteiger partial charge on any atom is 0.416 e. The van der Waals surface area contributed by atoms with Crippen molar-refractivity contribution >= 4 is 17.3 Å². The molecule has 0 aliphatic heterocycles. The summed E-state index contributed by atoms with van der Waals surface area (Å²) in [4.78, 5) is 7.90. The van der Waals surface area contributed by atoms with E-state index in [1.165, 1.54) is 18.3 Å². The molecule has 10 heteroatoms. The van der Waals surface area contributed by atoms with Gasteiger partial charge in [0.2, 0.25) is 0 Å². The minimum absolute atomic E-state index is 0.0426. The van der Waals surface area contributed by atoms with Gasteiger partial charge >= 0.3 is 6.18 Å². The Bertz CT molecular complexity index is 717. The molecule has 0 radical (unpaired) electrons. The first kappa shape index (κ1) is 16.5. The van der Waals surface area contributed by atoms with Crippen LogP contribution in [-0.2, 0) is 12.8 Å². The topological polar surface area (TPSA) is 117 Å². The molecule has 1 aromatic carbocycles. The van der Waals surface area contributed by atoms with Crippen molar-refractivity contribution in [2.75, 3.05) is 5.32 Å². The number of aliphatic hydroxyl groups is 1. The Morgan fingerprint density at radius 3 is 2.43 bits per heavy atom. The molecule has 0 fully saturated rings. The number of aromatic nitrogens is 2. The first-order valence-electron chi connectivity index (χ1n) is 6.24. The van der Waals surface area contributed by atoms with Crippen molar-refractivity contribution in [1.29, 1.82) is 0 Å². The highest BCUT2D eigenvalue weighted by molar-refractivity contribution is 5.99. The van der Waals surface area contributed by atoms with Gasteiger partial charge in [-0.05, 0) is 24.3 Å². The largest absolute Gasteiger partial charge is 0.416 e. The number of rotatable bonds is 4. The predicted molar refractivity (Wildman–Crippen MR) is 75.2 cm³/mol. The highest BCUT2D eigenvalue weighted by Crippen LogP contribution is 2.30. The SMILES string of the molecule is NC(=NO)c1nc(CO)cnc1Nc1ccc(C(F)(F)F)cc1. The molecule has 0 bridgehead atoms. The first-order valence-corrected chi connectivity index (χ1v) is 6.24. The molecule has 0 unspecified atom stereocenters. The van der Waals surface area contributed by atoms with Crippen LogP contribution >= 0.6 is 0 Å². The normalized spacial score (nSPS) is 12.3. The van der Waals surface area contributed by atoms with Crippen LogP contribution in [0.1, 0.15) is 17.0 Å². The molecule has 2 rings (SSSR count). The van der Waals surface area contributed by atoms with Crippen LogP contribution in [0.4, 0.5) is 24.7 Å². The van der Waals surface area contributed by atoms with Gasteiger partial charge in [0.1, 0.15) is 0 Å². The molecule has 122 valence electrons. The second-order valence-electron chi connectivity index (χ2n) is 4.40. The lowest BCUT2D eigenvalue weighted by Crippen LogP contribution is -2.19. The molecule has 7 nitrogen and oxygen atoms in total. The maximum absolute atomic E-state index is 12.5. The van der Waals surface area contributed by atoms with E-state index in [0.717, 1.165) is 12.1 Å². The standard InChI is InChI=1S/C13H12F3N5O2/c14-13(15,16)7-1-3-8(4-2-7)20-12-10(11(17)21-23)19-9(6-22)5-18-12/h1-5,22-23H,6H2,(H2,17,21)(H,18,20). The quantitative estimate of drug-likeness (QED) is 0.295. The number of aliphatic hydroxyl groups excluding tert-OH is 1. The van der Waals surface area contributed by atoms with Gasteiger partial charge in [0.15, 0.2) is 17.3 Å². The van der Waals surface area contributed by atoms with Gasteiger partial charge in [-0.3, -0.25) is 0 Å². The van der Waals surface area contributed by atoms with Crippen molar-refractivity contribution in [1.82, 2.24) is 9.97 Å². The van der Waals surface area contributed by atoms with Crippen molar-refractivity contribution < 1.29 is 23.5 Å². The zero-order chi connectivity index (χ0) is 17.0. The van der Waals surface area contributed by atoms with Crippen LogP contribution in [0.25, 0.3) is 0 Å². The molecular formula is C13H12F3N5O2. The van der Waals surface area contributed by atoms with E-state index in [0.29, 0.717) is 5.69 Å². The minimum Gasteiger partial charge on any atom is -0.409 e. The lowest BCUT2D eigenvalue weighted by molar-refractivity contribution is -0.137. The summed E-state index contributed by atoms with van der Waals surface area (Å²) in [5, 5.41) is 23.3. The third kappa shape index (κ3) is 3.86. The van der Waals surface area contributed by atoms with Crippen LogP contribution in [-0.4, -0.2) is 26.1 Å². The first-order chi connectivity index (χ1) is 10.8. The average Bonchev–Trinajstić information content (AvgIpc) is 2.54. The zero-order valence-electron chi connectivity index (χ0n) is 11.5. The van der Waals surface area contributed by atoms with E-state index < -0.39 is 18.3 Å². The number of halogens is 3. The molecule has 1 heterocycles. The predicted octanol–water partition coefficient (Wildman–Crippen LogP) is 1.83. The molecule has 23 heavy (non-hydrogen) atoms. The maximum atomic E-state index is 12.5. The van der Waals surface area contributed by atoms with E-state index in [4.69, 9.17) is 16.0 Å². The van der Waals surface area contributed by atoms with Crippen molar-refractivity contribution in [3.63, 3.8) is 0 Å². The van der Waals surface area contributed by atoms with Crippen molar-refractivity contribution in [2.45, 2.75) is 12.8 Å². The van der Waals surface area contributed by atoms with E-state index in [1.54, 1.807) is 0 Å². The second kappa shape index (κ2) is 6.48. The number of nitrogens with zero attached hydrogens (tertiary/aromatic N) is 3. The van der Waals surface area contributed by atoms with E-state index in [-0.39, 0.29) is 23.0 Å². The highest BCUT2D eigenvalue weighted by Gasteiger charge is 2.30. The summed E-state index contributed by atoms with van der Waals surface area (Å²) in [6.45, 7) is -0.404. The fourth-order valence-corrected chi connectivity index (χ4v) is 1.70. The molecule has 0 spiro atoms. The van der Waals surface area contributed by atoms with Crippen molar-refractivity contribution in [2.24, 2.45) is 10.9 Å². The van der Waals surface area contributed by atoms with Crippen LogP contribution < -0.4 is 11.1 Å². The van der Waals surface area contributed by atoms with E-state index in [9.17, 15) is 13.2 Å². The number of anilines is 2. The Morgan fingerprint density at radius 2 is 1.91 bits per heavy atom. The molecule has 1 aromatic heterocycles. The fraction of sp³-hybridized carbons (Fsp3) is 0.154. The number of benzene rings is 1. The number of amidine groups is 1. The Kier molecular flexibility index (Phi) is 4.65. The van der Waals surface area contributed by atoms with Gasteiger partial charge in [-0.15, -0.1) is 0 Å². The second-order valence-corrected chi connectivity index (χ2v) is 4.40. The lowest BCUT2D eigenvalue weighted by atomic mass is 10.2. The summed E-state index contributed by atoms with van der Waals surface area (Å²) < 4.78 is 37.6. The summed E-state index contributed by atoms with van der Waals surface area (Å²) >= 11 is 0. The summed E-state index contributed by atoms with van der Waals surface area (Å²) in [5.41, 5.74) is 5.13. The monoisotopic (exact) mass is 327 g/mol. The number of alkyl halides is 3. The molecule has 0 saturated carbocycles. The third-order valence-corrected chi connectivity index (χ3v) is 2.81. The van der Waals surface area contributed by atoms with Crippen molar-refractivity contribution in [3.8, 4) is 0 Å². The molecule has 5 N–H and O–H groups in total. The smallest absolute Gasteiger partial charge is 0.409 e. The molecule has 0 atom stereocenters. The molecule has 0 amide bonds. The number of nitrogens with one attached hydrogen (secondary N) is 1. The van der Waals surface area contributed by atoms with E-state index in [2.05, 4.69) is 20.4 Å². The van der Waals surface area contributed by atoms with Crippen LogP contribution in [0.15, 0.2) is 35.6 Å². The highest BCUT2D eigenvalue weighted by atomic mass is 19.4. The Labute approximate surface area is 128 Å². The van der Waals surface area contributed by atoms with E-state index in [1.807, 2.05) is 0 Å². The van der Waals surface area contributed by atoms with Crippen LogP contribution in [0.3, 0.4) is 0 Å². The molecule has 0 aliphatic rings. The van der Waals surface area contributed by atoms with Gasteiger partial charge in [-0.25, -0.2) is 9.97 Å². The lowest BCUT2D eigenvalue weighted by Gasteiger charge is -2.11. The number of hydrogen-bond acceptors (Lipinski definition) is 6. The van der Waals surface area contributed by atoms with Gasteiger partial charge in [0.05, 0.1) is 24.1 Å². The molecule has 0 saturated heterocycles. The van der Waals surface area contributed by atoms with Crippen LogP contribution in [0.2, 0.25) is 0 Å². The van der Waals surface area contributed by atoms with Gasteiger partial charge in [0, 0.05) is 5.69 Å². The number of nitrogens with two attached hydrogens (primary N) is 1. The Morgan fingerprint density at radius 1 is 1.26 bits per heavy atom. The third-order valence-electron chi connectivity index (χ3n) is 2.81. The van der Waals surface area contributed by atoms with Gasteiger partial charge in [-0.1, -0.05) is 5.16 Å². The average molecular weight is 327 g/mol. The number of hydrogen-bond donors (Lipinski definition) is 4.